The van der Waals surface area contributed by atoms with Crippen molar-refractivity contribution in [2.75, 3.05) is 24.9 Å². The van der Waals surface area contributed by atoms with E-state index in [0.29, 0.717) is 25.2 Å². The maximum Gasteiger partial charge on any atom is 0.410 e. The van der Waals surface area contributed by atoms with Crippen LogP contribution in [0.5, 0.6) is 5.88 Å². The lowest BCUT2D eigenvalue weighted by atomic mass is 9.79. The highest BCUT2D eigenvalue weighted by atomic mass is 32.2. The van der Waals surface area contributed by atoms with Crippen LogP contribution in [0, 0.1) is 25.7 Å². The molecular formula is C35H40N4O5S. The van der Waals surface area contributed by atoms with Crippen LogP contribution in [0.3, 0.4) is 0 Å². The Bertz CT molecular complexity index is 1740. The third-order valence-electron chi connectivity index (χ3n) is 8.69. The SMILES string of the molecule is COc1cc(-c2c(C)cccc2C)nc(NS(=O)(=O)c2cccc(C3CCN(C(=O)OCc4ccccc4)CC(C)[C@H]3C)c2)n1. The van der Waals surface area contributed by atoms with Gasteiger partial charge in [0.1, 0.15) is 6.61 Å². The molecule has 1 aliphatic heterocycles. The van der Waals surface area contributed by atoms with Gasteiger partial charge in [0.2, 0.25) is 11.8 Å². The standard InChI is InChI=1S/C35H40N4O5S/c1-23-11-9-12-24(2)33(23)31-20-32(43-5)37-34(36-31)38-45(41,42)29-16-10-15-28(19-29)30-17-18-39(21-25(3)26(30)4)35(40)44-22-27-13-7-6-8-14-27/h6-16,19-20,25-26,30H,17-18,21-22H2,1-5H3,(H,36,37,38)/t25?,26-,30?/m1/s1. The number of rotatable bonds is 8. The van der Waals surface area contributed by atoms with Gasteiger partial charge in [-0.05, 0) is 72.4 Å². The highest BCUT2D eigenvalue weighted by molar-refractivity contribution is 7.92. The summed E-state index contributed by atoms with van der Waals surface area (Å²) < 4.78 is 40.9. The largest absolute Gasteiger partial charge is 0.481 e. The van der Waals surface area contributed by atoms with Crippen molar-refractivity contribution in [3.8, 4) is 17.1 Å². The highest BCUT2D eigenvalue weighted by Crippen LogP contribution is 2.37. The Kier molecular flexibility index (Phi) is 9.72. The molecular weight excluding hydrogens is 588 g/mol. The average Bonchev–Trinajstić information content (AvgIpc) is 3.17. The molecule has 236 valence electrons. The number of aromatic nitrogens is 2. The Balaban J connectivity index is 1.34. The molecule has 1 N–H and O–H groups in total. The quantitative estimate of drug-likeness (QED) is 0.224. The summed E-state index contributed by atoms with van der Waals surface area (Å²) in [5.74, 6) is 0.602. The lowest BCUT2D eigenvalue weighted by molar-refractivity contribution is 0.0926. The number of ether oxygens (including phenoxy) is 2. The fourth-order valence-corrected chi connectivity index (χ4v) is 7.02. The van der Waals surface area contributed by atoms with Gasteiger partial charge in [0.25, 0.3) is 10.0 Å². The van der Waals surface area contributed by atoms with Crippen LogP contribution in [0.2, 0.25) is 0 Å². The van der Waals surface area contributed by atoms with Gasteiger partial charge >= 0.3 is 6.09 Å². The summed E-state index contributed by atoms with van der Waals surface area (Å²) in [4.78, 5) is 23.7. The average molecular weight is 629 g/mol. The monoisotopic (exact) mass is 628 g/mol. The van der Waals surface area contributed by atoms with E-state index in [0.717, 1.165) is 27.8 Å². The van der Waals surface area contributed by atoms with E-state index >= 15 is 0 Å². The second-order valence-corrected chi connectivity index (χ2v) is 13.5. The van der Waals surface area contributed by atoms with Crippen LogP contribution in [-0.4, -0.2) is 49.6 Å². The minimum atomic E-state index is -4.03. The van der Waals surface area contributed by atoms with Crippen LogP contribution in [0.25, 0.3) is 11.3 Å². The highest BCUT2D eigenvalue weighted by Gasteiger charge is 2.32. The molecule has 1 saturated heterocycles. The predicted molar refractivity (Wildman–Crippen MR) is 175 cm³/mol. The van der Waals surface area contributed by atoms with E-state index in [-0.39, 0.29) is 47.2 Å². The molecule has 3 aromatic carbocycles. The van der Waals surface area contributed by atoms with E-state index in [1.54, 1.807) is 29.2 Å². The molecule has 0 aliphatic carbocycles. The topological polar surface area (TPSA) is 111 Å². The Morgan fingerprint density at radius 1 is 0.956 bits per heavy atom. The molecule has 3 atom stereocenters. The molecule has 1 aliphatic rings. The number of hydrogen-bond acceptors (Lipinski definition) is 7. The summed E-state index contributed by atoms with van der Waals surface area (Å²) >= 11 is 0. The third kappa shape index (κ3) is 7.45. The molecule has 45 heavy (non-hydrogen) atoms. The van der Waals surface area contributed by atoms with Crippen molar-refractivity contribution in [1.29, 1.82) is 0 Å². The summed E-state index contributed by atoms with van der Waals surface area (Å²) in [7, 11) is -2.55. The summed E-state index contributed by atoms with van der Waals surface area (Å²) in [6, 6.07) is 24.2. The summed E-state index contributed by atoms with van der Waals surface area (Å²) in [5.41, 5.74) is 5.32. The summed E-state index contributed by atoms with van der Waals surface area (Å²) in [6.45, 7) is 9.55. The van der Waals surface area contributed by atoms with Crippen LogP contribution in [-0.2, 0) is 21.4 Å². The number of carbonyl (C=O) groups excluding carboxylic acids is 1. The van der Waals surface area contributed by atoms with Gasteiger partial charge in [-0.1, -0.05) is 74.5 Å². The minimum absolute atomic E-state index is 0.0470. The Morgan fingerprint density at radius 3 is 2.38 bits per heavy atom. The van der Waals surface area contributed by atoms with Crippen molar-refractivity contribution < 1.29 is 22.7 Å². The fraction of sp³-hybridized carbons (Fsp3) is 0.343. The lowest BCUT2D eigenvalue weighted by Crippen LogP contribution is -2.35. The number of nitrogens with zero attached hydrogens (tertiary/aromatic N) is 3. The predicted octanol–water partition coefficient (Wildman–Crippen LogP) is 6.97. The Morgan fingerprint density at radius 2 is 1.67 bits per heavy atom. The maximum atomic E-state index is 13.7. The molecule has 0 spiro atoms. The van der Waals surface area contributed by atoms with Crippen LogP contribution in [0.4, 0.5) is 10.7 Å². The zero-order chi connectivity index (χ0) is 32.1. The van der Waals surface area contributed by atoms with Crippen molar-refractivity contribution in [2.45, 2.75) is 51.5 Å². The van der Waals surface area contributed by atoms with Gasteiger partial charge in [-0.3, -0.25) is 0 Å². The smallest absolute Gasteiger partial charge is 0.410 e. The molecule has 1 aromatic heterocycles. The summed E-state index contributed by atoms with van der Waals surface area (Å²) in [5, 5.41) is 0. The van der Waals surface area contributed by atoms with Gasteiger partial charge in [-0.25, -0.2) is 22.9 Å². The fourth-order valence-electron chi connectivity index (χ4n) is 6.02. The van der Waals surface area contributed by atoms with Crippen molar-refractivity contribution in [3.63, 3.8) is 0 Å². The molecule has 10 heteroatoms. The molecule has 9 nitrogen and oxygen atoms in total. The van der Waals surface area contributed by atoms with Crippen molar-refractivity contribution >= 4 is 22.1 Å². The van der Waals surface area contributed by atoms with Crippen LogP contribution in [0.15, 0.2) is 83.8 Å². The minimum Gasteiger partial charge on any atom is -0.481 e. The lowest BCUT2D eigenvalue weighted by Gasteiger charge is -2.26. The third-order valence-corrected chi connectivity index (χ3v) is 10.0. The van der Waals surface area contributed by atoms with Crippen LogP contribution in [0.1, 0.15) is 48.4 Å². The Hall–Kier alpha value is -4.44. The number of aryl methyl sites for hydroxylation is 2. The number of carbonyl (C=O) groups is 1. The van der Waals surface area contributed by atoms with Gasteiger partial charge in [-0.15, -0.1) is 0 Å². The number of sulfonamides is 1. The first kappa shape index (κ1) is 32.0. The summed E-state index contributed by atoms with van der Waals surface area (Å²) in [6.07, 6.45) is 0.346. The van der Waals surface area contributed by atoms with Crippen molar-refractivity contribution in [2.24, 2.45) is 11.8 Å². The Labute approximate surface area is 265 Å². The van der Waals surface area contributed by atoms with Gasteiger partial charge in [0, 0.05) is 24.7 Å². The molecule has 5 rings (SSSR count). The number of nitrogens with one attached hydrogen (secondary N) is 1. The zero-order valence-electron chi connectivity index (χ0n) is 26.4. The van der Waals surface area contributed by atoms with E-state index in [9.17, 15) is 13.2 Å². The van der Waals surface area contributed by atoms with E-state index in [2.05, 4.69) is 28.5 Å². The van der Waals surface area contributed by atoms with Crippen LogP contribution < -0.4 is 9.46 Å². The van der Waals surface area contributed by atoms with Gasteiger partial charge < -0.3 is 14.4 Å². The number of benzene rings is 3. The molecule has 0 saturated carbocycles. The van der Waals surface area contributed by atoms with E-state index in [4.69, 9.17) is 9.47 Å². The molecule has 2 unspecified atom stereocenters. The van der Waals surface area contributed by atoms with E-state index < -0.39 is 10.0 Å². The number of methoxy groups -OCH3 is 1. The normalized spacial score (nSPS) is 18.6. The van der Waals surface area contributed by atoms with Gasteiger partial charge in [-0.2, -0.15) is 4.98 Å². The second-order valence-electron chi connectivity index (χ2n) is 11.8. The first-order valence-electron chi connectivity index (χ1n) is 15.1. The number of hydrogen-bond donors (Lipinski definition) is 1. The molecule has 4 aromatic rings. The number of likely N-dealkylation sites (tertiary alicyclic amines) is 1. The molecule has 0 radical (unpaired) electrons. The molecule has 0 bridgehead atoms. The van der Waals surface area contributed by atoms with E-state index in [1.165, 1.54) is 7.11 Å². The van der Waals surface area contributed by atoms with Gasteiger partial charge in [0.05, 0.1) is 17.7 Å². The first-order chi connectivity index (χ1) is 21.6. The van der Waals surface area contributed by atoms with Crippen molar-refractivity contribution in [1.82, 2.24) is 14.9 Å². The van der Waals surface area contributed by atoms with E-state index in [1.807, 2.05) is 68.4 Å². The van der Waals surface area contributed by atoms with Gasteiger partial charge in [0.15, 0.2) is 0 Å². The molecule has 2 heterocycles. The number of anilines is 1. The second kappa shape index (κ2) is 13.7. The molecule has 1 fully saturated rings. The van der Waals surface area contributed by atoms with Crippen molar-refractivity contribution in [3.05, 3.63) is 101 Å². The molecule has 1 amide bonds. The first-order valence-corrected chi connectivity index (χ1v) is 16.6. The number of amides is 1. The maximum absolute atomic E-state index is 13.7. The van der Waals surface area contributed by atoms with Crippen LogP contribution >= 0.6 is 0 Å². The zero-order valence-corrected chi connectivity index (χ0v) is 27.2.